The number of hydrogen-bond donors (Lipinski definition) is 2. The van der Waals surface area contributed by atoms with Crippen molar-refractivity contribution in [2.75, 3.05) is 0 Å². The smallest absolute Gasteiger partial charge is 0.324 e. The third kappa shape index (κ3) is 3.32. The number of unbranched alkanes of at least 4 members (excludes halogenated alkanes) is 2. The monoisotopic (exact) mass is 250 g/mol. The fraction of sp³-hybridized carbons (Fsp3) is 1.00. The van der Waals surface area contributed by atoms with Gasteiger partial charge in [-0.25, -0.2) is 0 Å². The fourth-order valence-electron chi connectivity index (χ4n) is 2.72. The highest BCUT2D eigenvalue weighted by Crippen LogP contribution is 2.60. The molecule has 98 valence electrons. The summed E-state index contributed by atoms with van der Waals surface area (Å²) in [5.74, 6) is 0.00961. The molecule has 0 atom stereocenters. The quantitative estimate of drug-likeness (QED) is 0.534. The predicted octanol–water partition coefficient (Wildman–Crippen LogP) is 3.80. The largest absolute Gasteiger partial charge is 0.332 e. The van der Waals surface area contributed by atoms with Gasteiger partial charge in [0.1, 0.15) is 0 Å². The molecule has 0 bridgehead atoms. The van der Waals surface area contributed by atoms with Gasteiger partial charge in [-0.1, -0.05) is 53.9 Å². The van der Waals surface area contributed by atoms with E-state index in [1.165, 1.54) is 0 Å². The van der Waals surface area contributed by atoms with Crippen molar-refractivity contribution < 1.29 is 14.4 Å². The van der Waals surface area contributed by atoms with Gasteiger partial charge in [0.25, 0.3) is 0 Å². The molecular weight excluding hydrogens is 223 g/mol. The van der Waals surface area contributed by atoms with Crippen LogP contribution in [0, 0.1) is 11.8 Å². The average Bonchev–Trinajstić information content (AvgIpc) is 2.08. The van der Waals surface area contributed by atoms with Crippen molar-refractivity contribution in [3.63, 3.8) is 0 Å². The lowest BCUT2D eigenvalue weighted by Crippen LogP contribution is -2.40. The molecule has 16 heavy (non-hydrogen) atoms. The molecule has 4 heteroatoms. The Labute approximate surface area is 99.8 Å². The highest BCUT2D eigenvalue weighted by Gasteiger charge is 2.50. The van der Waals surface area contributed by atoms with Crippen LogP contribution < -0.4 is 0 Å². The van der Waals surface area contributed by atoms with Gasteiger partial charge in [-0.05, 0) is 18.3 Å². The second-order valence-corrected chi connectivity index (χ2v) is 7.22. The van der Waals surface area contributed by atoms with Crippen molar-refractivity contribution in [1.82, 2.24) is 0 Å². The minimum absolute atomic E-state index is 0.00481. The summed E-state index contributed by atoms with van der Waals surface area (Å²) in [6.07, 6.45) is 3.65. The van der Waals surface area contributed by atoms with Gasteiger partial charge in [-0.2, -0.15) is 0 Å². The number of rotatable bonds is 7. The van der Waals surface area contributed by atoms with Gasteiger partial charge in [0, 0.05) is 0 Å². The Balaban J connectivity index is 5.05. The van der Waals surface area contributed by atoms with E-state index in [0.29, 0.717) is 6.42 Å². The zero-order chi connectivity index (χ0) is 13.0. The lowest BCUT2D eigenvalue weighted by atomic mass is 9.80. The maximum absolute atomic E-state index is 11.8. The molecule has 0 amide bonds. The van der Waals surface area contributed by atoms with E-state index < -0.39 is 12.8 Å². The molecule has 0 saturated carbocycles. The molecule has 0 radical (unpaired) electrons. The van der Waals surface area contributed by atoms with Crippen LogP contribution in [0.3, 0.4) is 0 Å². The first kappa shape index (κ1) is 16.1. The van der Waals surface area contributed by atoms with Gasteiger partial charge in [-0.3, -0.25) is 4.57 Å². The maximum Gasteiger partial charge on any atom is 0.332 e. The summed E-state index contributed by atoms with van der Waals surface area (Å²) in [6, 6.07) is 0. The Hall–Kier alpha value is 0.150. The van der Waals surface area contributed by atoms with Gasteiger partial charge < -0.3 is 9.79 Å². The standard InChI is InChI=1S/C12H27O3P/c1-6-7-8-9-12(10(2)3,11(4)5)16(13,14)15/h10-11H,6-9H2,1-5H3,(H2,13,14,15). The summed E-state index contributed by atoms with van der Waals surface area (Å²) in [5.41, 5.74) is 0. The van der Waals surface area contributed by atoms with Crippen LogP contribution in [0.1, 0.15) is 60.3 Å². The van der Waals surface area contributed by atoms with Crippen LogP contribution in [-0.2, 0) is 4.57 Å². The summed E-state index contributed by atoms with van der Waals surface area (Å²) in [4.78, 5) is 19.4. The molecule has 0 fully saturated rings. The van der Waals surface area contributed by atoms with E-state index in [2.05, 4.69) is 6.92 Å². The van der Waals surface area contributed by atoms with Crippen LogP contribution in [-0.4, -0.2) is 14.9 Å². The zero-order valence-electron chi connectivity index (χ0n) is 11.2. The second-order valence-electron chi connectivity index (χ2n) is 5.30. The lowest BCUT2D eigenvalue weighted by Gasteiger charge is -2.41. The minimum Gasteiger partial charge on any atom is -0.324 e. The topological polar surface area (TPSA) is 57.5 Å². The Kier molecular flexibility index (Phi) is 6.24. The molecule has 2 N–H and O–H groups in total. The van der Waals surface area contributed by atoms with Crippen LogP contribution in [0.15, 0.2) is 0 Å². The van der Waals surface area contributed by atoms with E-state index >= 15 is 0 Å². The third-order valence-electron chi connectivity index (χ3n) is 3.72. The van der Waals surface area contributed by atoms with Crippen LogP contribution in [0.25, 0.3) is 0 Å². The molecular formula is C12H27O3P. The average molecular weight is 250 g/mol. The van der Waals surface area contributed by atoms with Crippen molar-refractivity contribution >= 4 is 7.60 Å². The van der Waals surface area contributed by atoms with Crippen molar-refractivity contribution in [2.24, 2.45) is 11.8 Å². The van der Waals surface area contributed by atoms with Crippen LogP contribution >= 0.6 is 7.60 Å². The lowest BCUT2D eigenvalue weighted by molar-refractivity contribution is 0.221. The van der Waals surface area contributed by atoms with Gasteiger partial charge >= 0.3 is 7.60 Å². The summed E-state index contributed by atoms with van der Waals surface area (Å²) >= 11 is 0. The third-order valence-corrected chi connectivity index (χ3v) is 6.06. The van der Waals surface area contributed by atoms with E-state index in [4.69, 9.17) is 0 Å². The summed E-state index contributed by atoms with van der Waals surface area (Å²) in [6.45, 7) is 9.79. The minimum atomic E-state index is -4.06. The molecule has 0 aliphatic carbocycles. The molecule has 0 saturated heterocycles. The molecule has 0 spiro atoms. The molecule has 0 aromatic rings. The first-order chi connectivity index (χ1) is 7.20. The first-order valence-electron chi connectivity index (χ1n) is 6.25. The van der Waals surface area contributed by atoms with E-state index in [9.17, 15) is 14.4 Å². The molecule has 3 nitrogen and oxygen atoms in total. The summed E-state index contributed by atoms with van der Waals surface area (Å²) < 4.78 is 11.8. The van der Waals surface area contributed by atoms with Crippen molar-refractivity contribution in [3.8, 4) is 0 Å². The Morgan fingerprint density at radius 1 is 1.06 bits per heavy atom. The van der Waals surface area contributed by atoms with Gasteiger partial charge in [0.15, 0.2) is 0 Å². The molecule has 0 aliphatic rings. The molecule has 0 aliphatic heterocycles. The van der Waals surface area contributed by atoms with Gasteiger partial charge in [-0.15, -0.1) is 0 Å². The number of hydrogen-bond acceptors (Lipinski definition) is 1. The normalized spacial score (nSPS) is 13.8. The van der Waals surface area contributed by atoms with Crippen molar-refractivity contribution in [1.29, 1.82) is 0 Å². The van der Waals surface area contributed by atoms with Crippen molar-refractivity contribution in [2.45, 2.75) is 65.5 Å². The van der Waals surface area contributed by atoms with E-state index in [1.807, 2.05) is 27.7 Å². The van der Waals surface area contributed by atoms with Crippen LogP contribution in [0.2, 0.25) is 0 Å². The van der Waals surface area contributed by atoms with Crippen LogP contribution in [0.5, 0.6) is 0 Å². The predicted molar refractivity (Wildman–Crippen MR) is 68.6 cm³/mol. The molecule has 0 heterocycles. The second kappa shape index (κ2) is 6.18. The summed E-state index contributed by atoms with van der Waals surface area (Å²) in [5, 5.41) is -0.845. The van der Waals surface area contributed by atoms with E-state index in [0.717, 1.165) is 19.3 Å². The Morgan fingerprint density at radius 3 is 1.75 bits per heavy atom. The molecule has 0 unspecified atom stereocenters. The SMILES string of the molecule is CCCCCC(C(C)C)(C(C)C)P(=O)(O)O. The van der Waals surface area contributed by atoms with Crippen molar-refractivity contribution in [3.05, 3.63) is 0 Å². The summed E-state index contributed by atoms with van der Waals surface area (Å²) in [7, 11) is -4.06. The highest BCUT2D eigenvalue weighted by atomic mass is 31.2. The van der Waals surface area contributed by atoms with E-state index in [1.54, 1.807) is 0 Å². The fourth-order valence-corrected chi connectivity index (χ4v) is 4.52. The zero-order valence-corrected chi connectivity index (χ0v) is 12.1. The van der Waals surface area contributed by atoms with Crippen LogP contribution in [0.4, 0.5) is 0 Å². The molecule has 0 aromatic carbocycles. The first-order valence-corrected chi connectivity index (χ1v) is 7.87. The Bertz CT molecular complexity index is 235. The Morgan fingerprint density at radius 2 is 1.50 bits per heavy atom. The molecule has 0 rings (SSSR count). The molecule has 0 aromatic heterocycles. The maximum atomic E-state index is 11.8. The highest BCUT2D eigenvalue weighted by molar-refractivity contribution is 7.53. The van der Waals surface area contributed by atoms with E-state index in [-0.39, 0.29) is 11.8 Å². The van der Waals surface area contributed by atoms with Gasteiger partial charge in [0.05, 0.1) is 5.16 Å². The van der Waals surface area contributed by atoms with Gasteiger partial charge in [0.2, 0.25) is 0 Å².